The summed E-state index contributed by atoms with van der Waals surface area (Å²) in [5, 5.41) is 3.49. The predicted molar refractivity (Wildman–Crippen MR) is 68.6 cm³/mol. The Kier molecular flexibility index (Phi) is 4.34. The van der Waals surface area contributed by atoms with Crippen molar-refractivity contribution in [2.75, 3.05) is 25.5 Å². The number of aromatic nitrogens is 1. The molecule has 3 N–H and O–H groups in total. The minimum absolute atomic E-state index is 0.292. The smallest absolute Gasteiger partial charge is 0.128 e. The summed E-state index contributed by atoms with van der Waals surface area (Å²) in [6, 6.07) is 4.30. The van der Waals surface area contributed by atoms with E-state index in [0.29, 0.717) is 17.8 Å². The molecule has 2 unspecified atom stereocenters. The summed E-state index contributed by atoms with van der Waals surface area (Å²) < 4.78 is 5.43. The van der Waals surface area contributed by atoms with Gasteiger partial charge in [0.05, 0.1) is 0 Å². The first-order chi connectivity index (χ1) is 8.31. The quantitative estimate of drug-likeness (QED) is 0.816. The molecule has 0 radical (unpaired) electrons. The molecule has 1 aromatic rings. The van der Waals surface area contributed by atoms with Crippen molar-refractivity contribution in [1.29, 1.82) is 0 Å². The van der Waals surface area contributed by atoms with Crippen LogP contribution in [0.4, 0.5) is 5.82 Å². The highest BCUT2D eigenvalue weighted by molar-refractivity contribution is 5.40. The van der Waals surface area contributed by atoms with E-state index in [1.165, 1.54) is 0 Å². The zero-order valence-electron chi connectivity index (χ0n) is 10.4. The number of hydrogen-bond donors (Lipinski definition) is 2. The molecule has 0 aromatic carbocycles. The van der Waals surface area contributed by atoms with E-state index in [2.05, 4.69) is 23.3 Å². The van der Waals surface area contributed by atoms with Crippen molar-refractivity contribution in [3.05, 3.63) is 23.9 Å². The molecule has 2 atom stereocenters. The Morgan fingerprint density at radius 3 is 3.18 bits per heavy atom. The van der Waals surface area contributed by atoms with Crippen LogP contribution in [-0.4, -0.2) is 24.7 Å². The fourth-order valence-corrected chi connectivity index (χ4v) is 2.39. The van der Waals surface area contributed by atoms with Gasteiger partial charge in [0.1, 0.15) is 5.82 Å². The van der Waals surface area contributed by atoms with Crippen molar-refractivity contribution >= 4 is 5.82 Å². The normalized spacial score (nSPS) is 21.6. The molecule has 0 spiro atoms. The highest BCUT2D eigenvalue weighted by Gasteiger charge is 2.22. The second kappa shape index (κ2) is 5.98. The Labute approximate surface area is 103 Å². The summed E-state index contributed by atoms with van der Waals surface area (Å²) in [7, 11) is 0. The molecule has 4 heteroatoms. The Balaban J connectivity index is 2.08. The Hall–Kier alpha value is -1.13. The maximum atomic E-state index is 5.94. The molecule has 0 bridgehead atoms. The van der Waals surface area contributed by atoms with Gasteiger partial charge in [-0.25, -0.2) is 4.98 Å². The van der Waals surface area contributed by atoms with Crippen molar-refractivity contribution in [3.63, 3.8) is 0 Å². The van der Waals surface area contributed by atoms with Crippen LogP contribution in [0.25, 0.3) is 0 Å². The molecule has 1 saturated heterocycles. The van der Waals surface area contributed by atoms with Crippen molar-refractivity contribution in [2.45, 2.75) is 25.8 Å². The summed E-state index contributed by atoms with van der Waals surface area (Å²) >= 11 is 0. The van der Waals surface area contributed by atoms with Crippen molar-refractivity contribution < 1.29 is 4.74 Å². The van der Waals surface area contributed by atoms with Crippen LogP contribution in [0.3, 0.4) is 0 Å². The van der Waals surface area contributed by atoms with E-state index in [4.69, 9.17) is 10.5 Å². The lowest BCUT2D eigenvalue weighted by molar-refractivity contribution is 0.181. The minimum atomic E-state index is 0.292. The standard InChI is InChI=1S/C13H21N3O/c1-2-15-12(8-10-5-7-17-9-10)11-4-3-6-16-13(11)14/h3-4,6,10,12,15H,2,5,7-9H2,1H3,(H2,14,16). The number of anilines is 1. The van der Waals surface area contributed by atoms with Crippen LogP contribution < -0.4 is 11.1 Å². The van der Waals surface area contributed by atoms with Crippen LogP contribution in [-0.2, 0) is 4.74 Å². The number of nitrogen functional groups attached to an aromatic ring is 1. The lowest BCUT2D eigenvalue weighted by Crippen LogP contribution is -2.24. The lowest BCUT2D eigenvalue weighted by atomic mass is 9.94. The van der Waals surface area contributed by atoms with E-state index < -0.39 is 0 Å². The third-order valence-electron chi connectivity index (χ3n) is 3.29. The number of nitrogens with two attached hydrogens (primary N) is 1. The molecule has 4 nitrogen and oxygen atoms in total. The van der Waals surface area contributed by atoms with Crippen LogP contribution in [0.15, 0.2) is 18.3 Å². The monoisotopic (exact) mass is 235 g/mol. The molecule has 17 heavy (non-hydrogen) atoms. The van der Waals surface area contributed by atoms with Gasteiger partial charge in [-0.05, 0) is 31.4 Å². The zero-order valence-corrected chi connectivity index (χ0v) is 10.4. The van der Waals surface area contributed by atoms with Crippen LogP contribution in [0.1, 0.15) is 31.4 Å². The van der Waals surface area contributed by atoms with Gasteiger partial charge in [0.15, 0.2) is 0 Å². The van der Waals surface area contributed by atoms with Gasteiger partial charge >= 0.3 is 0 Å². The average molecular weight is 235 g/mol. The molecule has 0 aliphatic carbocycles. The molecule has 94 valence electrons. The fraction of sp³-hybridized carbons (Fsp3) is 0.615. The molecule has 2 heterocycles. The van der Waals surface area contributed by atoms with Crippen LogP contribution in [0.2, 0.25) is 0 Å². The molecule has 1 aromatic heterocycles. The Bertz CT molecular complexity index is 350. The van der Waals surface area contributed by atoms with Crippen molar-refractivity contribution in [1.82, 2.24) is 10.3 Å². The summed E-state index contributed by atoms with van der Waals surface area (Å²) in [6.45, 7) is 4.82. The van der Waals surface area contributed by atoms with Gasteiger partial charge in [-0.2, -0.15) is 0 Å². The van der Waals surface area contributed by atoms with Gasteiger partial charge in [-0.1, -0.05) is 13.0 Å². The molecule has 0 amide bonds. The largest absolute Gasteiger partial charge is 0.383 e. The first-order valence-corrected chi connectivity index (χ1v) is 6.32. The lowest BCUT2D eigenvalue weighted by Gasteiger charge is -2.22. The van der Waals surface area contributed by atoms with E-state index in [0.717, 1.165) is 38.2 Å². The van der Waals surface area contributed by atoms with E-state index in [1.807, 2.05) is 6.07 Å². The Morgan fingerprint density at radius 2 is 2.53 bits per heavy atom. The molecule has 2 rings (SSSR count). The molecule has 0 saturated carbocycles. The van der Waals surface area contributed by atoms with Gasteiger partial charge < -0.3 is 15.8 Å². The van der Waals surface area contributed by atoms with E-state index >= 15 is 0 Å². The summed E-state index contributed by atoms with van der Waals surface area (Å²) in [5.41, 5.74) is 7.06. The molecular formula is C13H21N3O. The van der Waals surface area contributed by atoms with Crippen LogP contribution >= 0.6 is 0 Å². The number of hydrogen-bond acceptors (Lipinski definition) is 4. The highest BCUT2D eigenvalue weighted by atomic mass is 16.5. The highest BCUT2D eigenvalue weighted by Crippen LogP contribution is 2.28. The molecule has 1 aliphatic heterocycles. The third-order valence-corrected chi connectivity index (χ3v) is 3.29. The molecular weight excluding hydrogens is 214 g/mol. The second-order valence-corrected chi connectivity index (χ2v) is 4.55. The SMILES string of the molecule is CCNC(CC1CCOC1)c1cccnc1N. The van der Waals surface area contributed by atoms with Gasteiger partial charge in [0.25, 0.3) is 0 Å². The number of pyridine rings is 1. The topological polar surface area (TPSA) is 60.2 Å². The number of nitrogens with zero attached hydrogens (tertiary/aromatic N) is 1. The maximum absolute atomic E-state index is 5.94. The molecule has 1 aliphatic rings. The fourth-order valence-electron chi connectivity index (χ4n) is 2.39. The van der Waals surface area contributed by atoms with E-state index in [-0.39, 0.29) is 0 Å². The van der Waals surface area contributed by atoms with Crippen LogP contribution in [0.5, 0.6) is 0 Å². The first kappa shape index (κ1) is 12.3. The predicted octanol–water partition coefficient (Wildman–Crippen LogP) is 1.74. The Morgan fingerprint density at radius 1 is 1.65 bits per heavy atom. The number of rotatable bonds is 5. The van der Waals surface area contributed by atoms with Crippen molar-refractivity contribution in [3.8, 4) is 0 Å². The minimum Gasteiger partial charge on any atom is -0.383 e. The second-order valence-electron chi connectivity index (χ2n) is 4.55. The van der Waals surface area contributed by atoms with E-state index in [1.54, 1.807) is 6.20 Å². The maximum Gasteiger partial charge on any atom is 0.128 e. The van der Waals surface area contributed by atoms with Gasteiger partial charge in [-0.3, -0.25) is 0 Å². The summed E-state index contributed by atoms with van der Waals surface area (Å²) in [5.74, 6) is 1.27. The van der Waals surface area contributed by atoms with Crippen LogP contribution in [0, 0.1) is 5.92 Å². The van der Waals surface area contributed by atoms with Gasteiger partial charge in [-0.15, -0.1) is 0 Å². The van der Waals surface area contributed by atoms with Gasteiger partial charge in [0.2, 0.25) is 0 Å². The van der Waals surface area contributed by atoms with Crippen molar-refractivity contribution in [2.24, 2.45) is 5.92 Å². The summed E-state index contributed by atoms with van der Waals surface area (Å²) in [6.07, 6.45) is 3.96. The number of nitrogens with one attached hydrogen (secondary N) is 1. The van der Waals surface area contributed by atoms with Gasteiger partial charge in [0, 0.05) is 31.0 Å². The third kappa shape index (κ3) is 3.17. The van der Waals surface area contributed by atoms with E-state index in [9.17, 15) is 0 Å². The first-order valence-electron chi connectivity index (χ1n) is 6.32. The molecule has 1 fully saturated rings. The number of ether oxygens (including phenoxy) is 1. The average Bonchev–Trinajstić information content (AvgIpc) is 2.82. The summed E-state index contributed by atoms with van der Waals surface area (Å²) in [4.78, 5) is 4.16. The zero-order chi connectivity index (χ0) is 12.1.